The Morgan fingerprint density at radius 1 is 1.50 bits per heavy atom. The molecule has 0 bridgehead atoms. The Balaban J connectivity index is 2.63. The molecule has 1 rings (SSSR count). The van der Waals surface area contributed by atoms with Gasteiger partial charge >= 0.3 is 0 Å². The van der Waals surface area contributed by atoms with Crippen molar-refractivity contribution in [2.24, 2.45) is 0 Å². The summed E-state index contributed by atoms with van der Waals surface area (Å²) in [5.74, 6) is 0.755. The third kappa shape index (κ3) is 2.64. The predicted octanol–water partition coefficient (Wildman–Crippen LogP) is 1.02. The molecule has 0 spiro atoms. The van der Waals surface area contributed by atoms with Gasteiger partial charge in [0.05, 0.1) is 5.75 Å². The Labute approximate surface area is 76.0 Å². The van der Waals surface area contributed by atoms with Crippen LogP contribution in [0.15, 0.2) is 24.3 Å². The smallest absolute Gasteiger partial charge is 0.206 e. The maximum Gasteiger partial charge on any atom is 0.206 e. The Kier molecular flexibility index (Phi) is 3.25. The molecule has 0 amide bonds. The van der Waals surface area contributed by atoms with Gasteiger partial charge in [-0.15, -0.1) is 0 Å². The summed E-state index contributed by atoms with van der Waals surface area (Å²) < 4.78 is 4.96. The zero-order chi connectivity index (χ0) is 8.97. The molecule has 0 saturated heterocycles. The van der Waals surface area contributed by atoms with Gasteiger partial charge in [0.2, 0.25) is 6.29 Å². The number of phenols is 1. The van der Waals surface area contributed by atoms with E-state index < -0.39 is 6.29 Å². The summed E-state index contributed by atoms with van der Waals surface area (Å²) >= 11 is 3.83. The van der Waals surface area contributed by atoms with E-state index in [1.165, 1.54) is 12.1 Å². The van der Waals surface area contributed by atoms with E-state index in [1.807, 2.05) is 0 Å². The van der Waals surface area contributed by atoms with Crippen LogP contribution in [-0.4, -0.2) is 22.3 Å². The monoisotopic (exact) mass is 186 g/mol. The lowest BCUT2D eigenvalue weighted by molar-refractivity contribution is 0.00405. The third-order valence-corrected chi connectivity index (χ3v) is 1.56. The minimum atomic E-state index is -0.935. The number of aromatic hydroxyl groups is 1. The van der Waals surface area contributed by atoms with Gasteiger partial charge in [-0.25, -0.2) is 0 Å². The summed E-state index contributed by atoms with van der Waals surface area (Å²) in [5.41, 5.74) is 0. The lowest BCUT2D eigenvalue weighted by Gasteiger charge is -2.10. The highest BCUT2D eigenvalue weighted by molar-refractivity contribution is 7.80. The molecule has 1 aromatic rings. The number of aliphatic hydroxyl groups is 1. The van der Waals surface area contributed by atoms with E-state index in [4.69, 9.17) is 14.9 Å². The molecule has 1 aromatic carbocycles. The highest BCUT2D eigenvalue weighted by atomic mass is 32.1. The van der Waals surface area contributed by atoms with Crippen molar-refractivity contribution in [2.45, 2.75) is 6.29 Å². The standard InChI is InChI=1S/C8H10O3S/c9-6-2-1-3-7(4-6)11-8(10)5-12/h1-4,8-10,12H,5H2. The van der Waals surface area contributed by atoms with Gasteiger partial charge in [0, 0.05) is 6.07 Å². The van der Waals surface area contributed by atoms with Crippen LogP contribution in [-0.2, 0) is 0 Å². The summed E-state index contributed by atoms with van der Waals surface area (Å²) in [5, 5.41) is 18.0. The summed E-state index contributed by atoms with van der Waals surface area (Å²) in [6, 6.07) is 6.23. The topological polar surface area (TPSA) is 49.7 Å². The number of hydrogen-bond donors (Lipinski definition) is 3. The Hall–Kier alpha value is -0.870. The molecular formula is C8H10O3S. The normalized spacial score (nSPS) is 12.5. The van der Waals surface area contributed by atoms with E-state index in [9.17, 15) is 0 Å². The maximum absolute atomic E-state index is 9.02. The number of aliphatic hydroxyl groups excluding tert-OH is 1. The fourth-order valence-corrected chi connectivity index (χ4v) is 0.826. The molecule has 4 heteroatoms. The molecule has 2 N–H and O–H groups in total. The van der Waals surface area contributed by atoms with Crippen LogP contribution in [0.4, 0.5) is 0 Å². The Morgan fingerprint density at radius 2 is 2.25 bits per heavy atom. The van der Waals surface area contributed by atoms with Crippen LogP contribution >= 0.6 is 12.6 Å². The number of benzene rings is 1. The molecule has 66 valence electrons. The van der Waals surface area contributed by atoms with Crippen molar-refractivity contribution < 1.29 is 14.9 Å². The molecule has 3 nitrogen and oxygen atoms in total. The van der Waals surface area contributed by atoms with Crippen molar-refractivity contribution in [3.05, 3.63) is 24.3 Å². The number of ether oxygens (including phenoxy) is 1. The Morgan fingerprint density at radius 3 is 2.83 bits per heavy atom. The third-order valence-electron chi connectivity index (χ3n) is 1.25. The minimum absolute atomic E-state index is 0.110. The first kappa shape index (κ1) is 9.22. The highest BCUT2D eigenvalue weighted by Crippen LogP contribution is 2.18. The lowest BCUT2D eigenvalue weighted by Crippen LogP contribution is -2.16. The zero-order valence-electron chi connectivity index (χ0n) is 6.34. The highest BCUT2D eigenvalue weighted by Gasteiger charge is 2.02. The van der Waals surface area contributed by atoms with Crippen LogP contribution in [0.5, 0.6) is 11.5 Å². The lowest BCUT2D eigenvalue weighted by atomic mass is 10.3. The summed E-state index contributed by atoms with van der Waals surface area (Å²) in [7, 11) is 0. The van der Waals surface area contributed by atoms with Crippen LogP contribution in [0, 0.1) is 0 Å². The largest absolute Gasteiger partial charge is 0.508 e. The van der Waals surface area contributed by atoms with Gasteiger partial charge in [-0.1, -0.05) is 6.07 Å². The number of phenolic OH excluding ortho intramolecular Hbond substituents is 1. The van der Waals surface area contributed by atoms with Crippen LogP contribution in [0.25, 0.3) is 0 Å². The second-order valence-corrected chi connectivity index (χ2v) is 2.62. The molecule has 0 aliphatic heterocycles. The number of thiol groups is 1. The van der Waals surface area contributed by atoms with Gasteiger partial charge in [0.1, 0.15) is 11.5 Å². The van der Waals surface area contributed by atoms with Crippen molar-refractivity contribution in [1.29, 1.82) is 0 Å². The predicted molar refractivity (Wildman–Crippen MR) is 48.6 cm³/mol. The van der Waals surface area contributed by atoms with E-state index in [-0.39, 0.29) is 11.5 Å². The summed E-state index contributed by atoms with van der Waals surface area (Å²) in [6.07, 6.45) is -0.935. The van der Waals surface area contributed by atoms with Gasteiger partial charge < -0.3 is 14.9 Å². The van der Waals surface area contributed by atoms with Crippen LogP contribution < -0.4 is 4.74 Å². The molecule has 0 radical (unpaired) electrons. The van der Waals surface area contributed by atoms with Crippen molar-refractivity contribution in [3.8, 4) is 11.5 Å². The molecular weight excluding hydrogens is 176 g/mol. The minimum Gasteiger partial charge on any atom is -0.508 e. The molecule has 12 heavy (non-hydrogen) atoms. The first-order chi connectivity index (χ1) is 5.72. The number of rotatable bonds is 3. The van der Waals surface area contributed by atoms with Crippen molar-refractivity contribution in [2.75, 3.05) is 5.75 Å². The molecule has 0 fully saturated rings. The van der Waals surface area contributed by atoms with Crippen molar-refractivity contribution in [3.63, 3.8) is 0 Å². The summed E-state index contributed by atoms with van der Waals surface area (Å²) in [6.45, 7) is 0. The second-order valence-electron chi connectivity index (χ2n) is 2.25. The van der Waals surface area contributed by atoms with Crippen molar-refractivity contribution in [1.82, 2.24) is 0 Å². The van der Waals surface area contributed by atoms with Gasteiger partial charge in [-0.05, 0) is 12.1 Å². The molecule has 1 atom stereocenters. The van der Waals surface area contributed by atoms with Crippen LogP contribution in [0.1, 0.15) is 0 Å². The van der Waals surface area contributed by atoms with E-state index in [0.29, 0.717) is 5.75 Å². The Bertz CT molecular complexity index is 252. The number of hydrogen-bond acceptors (Lipinski definition) is 4. The van der Waals surface area contributed by atoms with E-state index in [0.717, 1.165) is 0 Å². The van der Waals surface area contributed by atoms with Crippen LogP contribution in [0.2, 0.25) is 0 Å². The van der Waals surface area contributed by atoms with Gasteiger partial charge in [-0.3, -0.25) is 0 Å². The van der Waals surface area contributed by atoms with Gasteiger partial charge in [-0.2, -0.15) is 12.6 Å². The first-order valence-corrected chi connectivity index (χ1v) is 4.10. The average Bonchev–Trinajstić information content (AvgIpc) is 2.04. The summed E-state index contributed by atoms with van der Waals surface area (Å²) in [4.78, 5) is 0. The SMILES string of the molecule is Oc1cccc(OC(O)CS)c1. The van der Waals surface area contributed by atoms with Gasteiger partial charge in [0.25, 0.3) is 0 Å². The fourth-order valence-electron chi connectivity index (χ4n) is 0.751. The molecule has 0 aromatic heterocycles. The zero-order valence-corrected chi connectivity index (χ0v) is 7.24. The van der Waals surface area contributed by atoms with Gasteiger partial charge in [0.15, 0.2) is 0 Å². The van der Waals surface area contributed by atoms with Crippen LogP contribution in [0.3, 0.4) is 0 Å². The fraction of sp³-hybridized carbons (Fsp3) is 0.250. The van der Waals surface area contributed by atoms with E-state index in [1.54, 1.807) is 12.1 Å². The first-order valence-electron chi connectivity index (χ1n) is 3.47. The molecule has 0 aliphatic rings. The maximum atomic E-state index is 9.02. The molecule has 1 unspecified atom stereocenters. The average molecular weight is 186 g/mol. The van der Waals surface area contributed by atoms with Crippen molar-refractivity contribution >= 4 is 12.6 Å². The van der Waals surface area contributed by atoms with E-state index >= 15 is 0 Å². The quantitative estimate of drug-likeness (QED) is 0.488. The molecule has 0 heterocycles. The molecule has 0 saturated carbocycles. The molecule has 0 aliphatic carbocycles. The van der Waals surface area contributed by atoms with E-state index in [2.05, 4.69) is 12.6 Å². The second kappa shape index (κ2) is 4.23.